The summed E-state index contributed by atoms with van der Waals surface area (Å²) in [6.45, 7) is 0. The quantitative estimate of drug-likeness (QED) is 0.169. The molecule has 0 N–H and O–H groups in total. The molecule has 0 amide bonds. The first-order valence-corrected chi connectivity index (χ1v) is 24.7. The molecule has 0 unspecified atom stereocenters. The molecule has 0 atom stereocenters. The summed E-state index contributed by atoms with van der Waals surface area (Å²) >= 11 is 0. The van der Waals surface area contributed by atoms with Gasteiger partial charge in [-0.1, -0.05) is 206 Å². The molecular formula is C67H38N6OPt. The Labute approximate surface area is 444 Å². The molecule has 2 aliphatic rings. The molecule has 0 fully saturated rings. The van der Waals surface area contributed by atoms with Crippen molar-refractivity contribution in [1.29, 1.82) is 5.26 Å². The van der Waals surface area contributed by atoms with E-state index < -0.39 is 0 Å². The predicted octanol–water partition coefficient (Wildman–Crippen LogP) is 17.1. The van der Waals surface area contributed by atoms with Crippen LogP contribution >= 0.6 is 0 Å². The number of para-hydroxylation sites is 3. The van der Waals surface area contributed by atoms with Crippen molar-refractivity contribution in [2.24, 2.45) is 0 Å². The minimum absolute atomic E-state index is 0. The van der Waals surface area contributed by atoms with E-state index >= 15 is 0 Å². The minimum atomic E-state index is 0. The van der Waals surface area contributed by atoms with Gasteiger partial charge in [-0.3, -0.25) is 0 Å². The summed E-state index contributed by atoms with van der Waals surface area (Å²) in [7, 11) is 0. The van der Waals surface area contributed by atoms with E-state index in [0.717, 1.165) is 139 Å². The van der Waals surface area contributed by atoms with Gasteiger partial charge < -0.3 is 19.3 Å². The van der Waals surface area contributed by atoms with Crippen LogP contribution in [0.5, 0.6) is 0 Å². The van der Waals surface area contributed by atoms with E-state index in [4.69, 9.17) is 24.4 Å². The zero-order valence-corrected chi connectivity index (χ0v) is 42.1. The summed E-state index contributed by atoms with van der Waals surface area (Å²) in [5.74, 6) is 0. The first-order chi connectivity index (χ1) is 36.7. The number of benzene rings is 9. The molecule has 75 heavy (non-hydrogen) atoms. The van der Waals surface area contributed by atoms with Crippen LogP contribution in [0.3, 0.4) is 0 Å². The second-order valence-electron chi connectivity index (χ2n) is 18.7. The van der Waals surface area contributed by atoms with Crippen LogP contribution in [0.25, 0.3) is 133 Å². The maximum absolute atomic E-state index is 11.5. The maximum Gasteiger partial charge on any atom is 2.00 e. The molecule has 7 nitrogen and oxygen atoms in total. The number of furan rings is 1. The molecule has 352 valence electrons. The molecule has 4 aromatic heterocycles. The van der Waals surface area contributed by atoms with E-state index in [0.29, 0.717) is 16.8 Å². The molecule has 2 aliphatic heterocycles. The fourth-order valence-corrected chi connectivity index (χ4v) is 11.4. The number of anilines is 3. The number of fused-ring (bicyclic) bond motifs is 23. The second-order valence-corrected chi connectivity index (χ2v) is 18.7. The largest absolute Gasteiger partial charge is 2.00 e. The fraction of sp³-hybridized carbons (Fsp3) is 0. The van der Waals surface area contributed by atoms with E-state index in [-0.39, 0.29) is 21.1 Å². The molecule has 0 saturated heterocycles. The summed E-state index contributed by atoms with van der Waals surface area (Å²) in [5, 5.41) is 17.2. The van der Waals surface area contributed by atoms with Gasteiger partial charge >= 0.3 is 21.1 Å². The predicted molar refractivity (Wildman–Crippen MR) is 300 cm³/mol. The third-order valence-electron chi connectivity index (χ3n) is 14.6. The van der Waals surface area contributed by atoms with Crippen molar-refractivity contribution in [3.63, 3.8) is 0 Å². The van der Waals surface area contributed by atoms with E-state index in [1.54, 1.807) is 0 Å². The topological polar surface area (TPSA) is 94.2 Å². The van der Waals surface area contributed by atoms with Gasteiger partial charge in [0.25, 0.3) is 0 Å². The summed E-state index contributed by atoms with van der Waals surface area (Å²) in [6, 6.07) is 81.9. The summed E-state index contributed by atoms with van der Waals surface area (Å²) in [6.07, 6.45) is 0. The molecule has 9 aromatic carbocycles. The minimum Gasteiger partial charge on any atom is -0.655 e. The molecule has 8 heteroatoms. The molecule has 0 spiro atoms. The van der Waals surface area contributed by atoms with Crippen LogP contribution in [-0.2, 0) is 21.1 Å². The Balaban J connectivity index is 0.00000516. The summed E-state index contributed by atoms with van der Waals surface area (Å²) in [4.78, 5) is 25.5. The van der Waals surface area contributed by atoms with Crippen LogP contribution < -0.4 is 14.9 Å². The molecule has 0 aliphatic carbocycles. The first kappa shape index (κ1) is 44.1. The number of hydrogen-bond acceptors (Lipinski definition) is 5. The van der Waals surface area contributed by atoms with Gasteiger partial charge in [-0.05, 0) is 68.1 Å². The van der Waals surface area contributed by atoms with Crippen LogP contribution in [0.1, 0.15) is 5.56 Å². The Morgan fingerprint density at radius 3 is 1.39 bits per heavy atom. The maximum atomic E-state index is 11.5. The average Bonchev–Trinajstić information content (AvgIpc) is 4.32. The number of aromatic nitrogens is 4. The Kier molecular flexibility index (Phi) is 10.3. The normalized spacial score (nSPS) is 11.6. The van der Waals surface area contributed by atoms with Crippen LogP contribution in [0, 0.1) is 11.3 Å². The molecule has 13 aromatic rings. The average molecular weight is 1140 g/mol. The SMILES string of the molecule is N#Cc1c2nc(c(-c3ccccc3)c3[n-]c(c(N(c4ccccc4)c4cccc5c4oc4ccccc45)c4nc(c(-c5ccccc5)c5[n-]c1c1ccccc51)-c1ccccc1-4)c1ccccc31)-c1ccccc1-2.[Pt+2]. The number of hydrogen-bond donors (Lipinski definition) is 0. The van der Waals surface area contributed by atoms with Crippen LogP contribution in [0.2, 0.25) is 0 Å². The number of rotatable bonds is 5. The van der Waals surface area contributed by atoms with Crippen molar-refractivity contribution >= 4 is 82.6 Å². The van der Waals surface area contributed by atoms with Gasteiger partial charge in [-0.25, -0.2) is 9.97 Å². The van der Waals surface area contributed by atoms with Crippen molar-refractivity contribution in [2.45, 2.75) is 0 Å². The van der Waals surface area contributed by atoms with E-state index in [1.165, 1.54) is 0 Å². The van der Waals surface area contributed by atoms with E-state index in [2.05, 4.69) is 187 Å². The van der Waals surface area contributed by atoms with Gasteiger partial charge in [-0.15, -0.1) is 22.1 Å². The Hall–Kier alpha value is -9.60. The molecule has 15 rings (SSSR count). The van der Waals surface area contributed by atoms with Crippen molar-refractivity contribution in [3.05, 3.63) is 236 Å². The standard InChI is InChI=1S/C67H38N6O.Pt/c68-39-53-58-44-28-10-12-30-46(44)60(69-58)56(40-21-4-1-5-22-40)62-48-32-14-16-34-50(48)64(71-62)66(73(42-25-8-3-9-26-42)54-37-20-36-52-43-27-18-19-38-55(43)74-67(52)54)65-51-35-17-15-33-49(51)63(72-65)57(41-23-6-2-7-24-41)61-47-31-13-11-29-45(47)59(53)70-61;/h1-38H;/q-2;+2. The molecule has 8 bridgehead atoms. The Morgan fingerprint density at radius 2 is 0.813 bits per heavy atom. The molecule has 0 radical (unpaired) electrons. The summed E-state index contributed by atoms with van der Waals surface area (Å²) < 4.78 is 6.95. The van der Waals surface area contributed by atoms with Crippen LogP contribution in [0.15, 0.2) is 235 Å². The van der Waals surface area contributed by atoms with Crippen molar-refractivity contribution in [2.75, 3.05) is 4.90 Å². The Morgan fingerprint density at radius 1 is 0.387 bits per heavy atom. The van der Waals surface area contributed by atoms with Crippen LogP contribution in [-0.4, -0.2) is 9.97 Å². The monoisotopic (exact) mass is 1140 g/mol. The zero-order chi connectivity index (χ0) is 48.9. The van der Waals surface area contributed by atoms with Gasteiger partial charge in [0.15, 0.2) is 5.58 Å². The zero-order valence-electron chi connectivity index (χ0n) is 39.8. The van der Waals surface area contributed by atoms with Crippen molar-refractivity contribution in [1.82, 2.24) is 19.9 Å². The van der Waals surface area contributed by atoms with Crippen LogP contribution in [0.4, 0.5) is 17.1 Å². The van der Waals surface area contributed by atoms with Gasteiger partial charge in [0, 0.05) is 38.7 Å². The van der Waals surface area contributed by atoms with Crippen molar-refractivity contribution in [3.8, 4) is 73.4 Å². The van der Waals surface area contributed by atoms with Gasteiger partial charge in [0.05, 0.1) is 39.7 Å². The number of nitrogens with zero attached hydrogens (tertiary/aromatic N) is 6. The smallest absolute Gasteiger partial charge is 0.655 e. The Bertz CT molecular complexity index is 4650. The first-order valence-electron chi connectivity index (χ1n) is 24.7. The van der Waals surface area contributed by atoms with E-state index in [1.807, 2.05) is 54.6 Å². The molecular weight excluding hydrogens is 1100 g/mol. The van der Waals surface area contributed by atoms with Crippen molar-refractivity contribution < 1.29 is 25.5 Å². The second kappa shape index (κ2) is 17.6. The third-order valence-corrected chi connectivity index (χ3v) is 14.6. The molecule has 0 saturated carbocycles. The van der Waals surface area contributed by atoms with E-state index in [9.17, 15) is 5.26 Å². The summed E-state index contributed by atoms with van der Waals surface area (Å²) in [5.41, 5.74) is 17.1. The van der Waals surface area contributed by atoms with Gasteiger partial charge in [0.1, 0.15) is 11.7 Å². The third kappa shape index (κ3) is 6.70. The van der Waals surface area contributed by atoms with Gasteiger partial charge in [-0.2, -0.15) is 5.26 Å². The number of nitriles is 1. The fourth-order valence-electron chi connectivity index (χ4n) is 11.4. The molecule has 6 heterocycles. The van der Waals surface area contributed by atoms with Gasteiger partial charge in [0.2, 0.25) is 0 Å².